The summed E-state index contributed by atoms with van der Waals surface area (Å²) < 4.78 is 5.58. The normalized spacial score (nSPS) is 24.0. The van der Waals surface area contributed by atoms with Crippen LogP contribution >= 0.6 is 35.6 Å². The van der Waals surface area contributed by atoms with Gasteiger partial charge < -0.3 is 20.5 Å². The lowest BCUT2D eigenvalue weighted by Crippen LogP contribution is -2.48. The predicted molar refractivity (Wildman–Crippen MR) is 126 cm³/mol. The Morgan fingerprint density at radius 3 is 2.39 bits per heavy atom. The number of aliphatic imine (C=N–C) groups is 1. The van der Waals surface area contributed by atoms with Crippen molar-refractivity contribution in [1.82, 2.24) is 10.6 Å². The molecule has 1 unspecified atom stereocenters. The van der Waals surface area contributed by atoms with E-state index in [-0.39, 0.29) is 41.4 Å². The average molecular weight is 522 g/mol. The minimum absolute atomic E-state index is 0. The van der Waals surface area contributed by atoms with Crippen molar-refractivity contribution in [3.05, 3.63) is 34.9 Å². The van der Waals surface area contributed by atoms with E-state index in [2.05, 4.69) is 27.8 Å². The van der Waals surface area contributed by atoms with Gasteiger partial charge in [0.05, 0.1) is 6.61 Å². The fraction of sp³-hybridized carbons (Fsp3) is 0.667. The van der Waals surface area contributed by atoms with Crippen LogP contribution in [0.1, 0.15) is 44.1 Å². The number of nitrogens with zero attached hydrogens (tertiary/aromatic N) is 1. The van der Waals surface area contributed by atoms with Gasteiger partial charge in [-0.05, 0) is 43.4 Å². The number of hydrogen-bond acceptors (Lipinski definition) is 3. The molecular weight excluding hydrogens is 489 g/mol. The third-order valence-electron chi connectivity index (χ3n) is 6.29. The smallest absolute Gasteiger partial charge is 0.191 e. The predicted octanol–water partition coefficient (Wildman–Crippen LogP) is 3.72. The molecule has 2 aliphatic rings. The van der Waals surface area contributed by atoms with Crippen molar-refractivity contribution in [3.63, 3.8) is 0 Å². The second-order valence-electron chi connectivity index (χ2n) is 8.05. The highest BCUT2D eigenvalue weighted by Crippen LogP contribution is 2.41. The molecule has 0 aromatic heterocycles. The van der Waals surface area contributed by atoms with E-state index in [4.69, 9.17) is 16.3 Å². The summed E-state index contributed by atoms with van der Waals surface area (Å²) in [4.78, 5) is 4.41. The first-order valence-electron chi connectivity index (χ1n) is 10.0. The molecule has 28 heavy (non-hydrogen) atoms. The Morgan fingerprint density at radius 2 is 1.82 bits per heavy atom. The number of aliphatic hydroxyl groups is 1. The second-order valence-corrected chi connectivity index (χ2v) is 8.49. The van der Waals surface area contributed by atoms with Gasteiger partial charge in [0.25, 0.3) is 0 Å². The number of halogens is 2. The van der Waals surface area contributed by atoms with Crippen LogP contribution in [-0.2, 0) is 10.2 Å². The molecule has 5 nitrogen and oxygen atoms in total. The minimum atomic E-state index is 0. The largest absolute Gasteiger partial charge is 0.396 e. The lowest BCUT2D eigenvalue weighted by Gasteiger charge is -2.32. The van der Waals surface area contributed by atoms with Gasteiger partial charge in [-0.25, -0.2) is 0 Å². The Labute approximate surface area is 190 Å². The highest BCUT2D eigenvalue weighted by atomic mass is 127. The number of hydrogen-bond donors (Lipinski definition) is 3. The first-order chi connectivity index (χ1) is 13.1. The van der Waals surface area contributed by atoms with Gasteiger partial charge >= 0.3 is 0 Å². The third kappa shape index (κ3) is 5.74. The number of guanidine groups is 1. The van der Waals surface area contributed by atoms with Crippen molar-refractivity contribution < 1.29 is 9.84 Å². The molecule has 1 heterocycles. The molecule has 3 rings (SSSR count). The zero-order valence-electron chi connectivity index (χ0n) is 16.7. The Balaban J connectivity index is 0.00000280. The van der Waals surface area contributed by atoms with E-state index in [9.17, 15) is 5.11 Å². The van der Waals surface area contributed by atoms with Crippen LogP contribution in [0.2, 0.25) is 5.02 Å². The number of ether oxygens (including phenoxy) is 1. The van der Waals surface area contributed by atoms with Gasteiger partial charge in [-0.2, -0.15) is 0 Å². The van der Waals surface area contributed by atoms with E-state index in [1.54, 1.807) is 0 Å². The topological polar surface area (TPSA) is 65.9 Å². The zero-order chi connectivity index (χ0) is 19.2. The molecule has 158 valence electrons. The first-order valence-corrected chi connectivity index (χ1v) is 10.4. The van der Waals surface area contributed by atoms with Gasteiger partial charge in [0, 0.05) is 49.2 Å². The average Bonchev–Trinajstić information content (AvgIpc) is 3.34. The fourth-order valence-corrected chi connectivity index (χ4v) is 4.61. The van der Waals surface area contributed by atoms with E-state index in [0.717, 1.165) is 43.5 Å². The molecule has 1 aliphatic heterocycles. The van der Waals surface area contributed by atoms with Crippen molar-refractivity contribution in [3.8, 4) is 0 Å². The summed E-state index contributed by atoms with van der Waals surface area (Å²) in [6.07, 6.45) is 6.61. The van der Waals surface area contributed by atoms with Crippen molar-refractivity contribution in [2.75, 3.05) is 40.0 Å². The molecular formula is C21H33ClIN3O2. The van der Waals surface area contributed by atoms with E-state index in [1.807, 2.05) is 19.2 Å². The molecule has 1 atom stereocenters. The highest BCUT2D eigenvalue weighted by molar-refractivity contribution is 14.0. The molecule has 0 radical (unpaired) electrons. The maximum absolute atomic E-state index is 9.40. The fourth-order valence-electron chi connectivity index (χ4n) is 4.48. The van der Waals surface area contributed by atoms with Crippen LogP contribution in [0.4, 0.5) is 0 Å². The molecule has 1 aromatic rings. The summed E-state index contributed by atoms with van der Waals surface area (Å²) in [7, 11) is 1.81. The van der Waals surface area contributed by atoms with Crippen LogP contribution in [0.5, 0.6) is 0 Å². The molecule has 7 heteroatoms. The summed E-state index contributed by atoms with van der Waals surface area (Å²) in [5, 5.41) is 17.2. The van der Waals surface area contributed by atoms with Crippen LogP contribution in [0.25, 0.3) is 0 Å². The lowest BCUT2D eigenvalue weighted by atomic mass is 9.79. The summed E-state index contributed by atoms with van der Waals surface area (Å²) in [5.74, 6) is 0.819. The second kappa shape index (κ2) is 11.0. The Hall–Kier alpha value is -0.570. The summed E-state index contributed by atoms with van der Waals surface area (Å²) in [6.45, 7) is 3.29. The van der Waals surface area contributed by atoms with E-state index >= 15 is 0 Å². The number of rotatable bonds is 7. The summed E-state index contributed by atoms with van der Waals surface area (Å²) >= 11 is 6.08. The SMILES string of the molecule is CN=C(NCC1(CCO)CCOC1)NCC1(c2ccc(Cl)cc2)CCCC1.I. The number of benzene rings is 1. The lowest BCUT2D eigenvalue weighted by molar-refractivity contribution is 0.127. The van der Waals surface area contributed by atoms with Gasteiger partial charge in [0.2, 0.25) is 0 Å². The molecule has 0 spiro atoms. The van der Waals surface area contributed by atoms with Crippen molar-refractivity contribution >= 4 is 41.5 Å². The van der Waals surface area contributed by atoms with E-state index in [0.29, 0.717) is 6.61 Å². The van der Waals surface area contributed by atoms with Crippen LogP contribution in [0.15, 0.2) is 29.3 Å². The van der Waals surface area contributed by atoms with Crippen LogP contribution in [0, 0.1) is 5.41 Å². The maximum Gasteiger partial charge on any atom is 0.191 e. The molecule has 1 saturated heterocycles. The standard InChI is InChI=1S/C21H32ClN3O2.HI/c1-23-19(24-14-20(10-12-26)11-13-27-16-20)25-15-21(8-2-3-9-21)17-4-6-18(22)7-5-17;/h4-7,26H,2-3,8-16H2,1H3,(H2,23,24,25);1H. The van der Waals surface area contributed by atoms with Gasteiger partial charge in [0.1, 0.15) is 0 Å². The minimum Gasteiger partial charge on any atom is -0.396 e. The molecule has 3 N–H and O–H groups in total. The van der Waals surface area contributed by atoms with Crippen molar-refractivity contribution in [2.45, 2.75) is 43.9 Å². The van der Waals surface area contributed by atoms with E-state index < -0.39 is 0 Å². The van der Waals surface area contributed by atoms with Gasteiger partial charge in [-0.3, -0.25) is 4.99 Å². The van der Waals surface area contributed by atoms with Gasteiger partial charge in [-0.15, -0.1) is 24.0 Å². The van der Waals surface area contributed by atoms with Crippen molar-refractivity contribution in [2.24, 2.45) is 10.4 Å². The maximum atomic E-state index is 9.40. The highest BCUT2D eigenvalue weighted by Gasteiger charge is 2.37. The van der Waals surface area contributed by atoms with Crippen LogP contribution in [0.3, 0.4) is 0 Å². The zero-order valence-corrected chi connectivity index (χ0v) is 19.8. The third-order valence-corrected chi connectivity index (χ3v) is 6.55. The molecule has 1 saturated carbocycles. The molecule has 1 aromatic carbocycles. The first kappa shape index (κ1) is 23.7. The Morgan fingerprint density at radius 1 is 1.14 bits per heavy atom. The summed E-state index contributed by atoms with van der Waals surface area (Å²) in [6, 6.07) is 8.31. The molecule has 0 amide bonds. The monoisotopic (exact) mass is 521 g/mol. The van der Waals surface area contributed by atoms with Gasteiger partial charge in [0.15, 0.2) is 5.96 Å². The van der Waals surface area contributed by atoms with Gasteiger partial charge in [-0.1, -0.05) is 36.6 Å². The quantitative estimate of drug-likeness (QED) is 0.291. The summed E-state index contributed by atoms with van der Waals surface area (Å²) in [5.41, 5.74) is 1.50. The van der Waals surface area contributed by atoms with Crippen LogP contribution < -0.4 is 10.6 Å². The molecule has 1 aliphatic carbocycles. The number of aliphatic hydroxyl groups excluding tert-OH is 1. The number of nitrogens with one attached hydrogen (secondary N) is 2. The van der Waals surface area contributed by atoms with E-state index in [1.165, 1.54) is 31.2 Å². The van der Waals surface area contributed by atoms with Crippen molar-refractivity contribution in [1.29, 1.82) is 0 Å². The van der Waals surface area contributed by atoms with Crippen LogP contribution in [-0.4, -0.2) is 51.0 Å². The molecule has 2 fully saturated rings. The Kier molecular flexibility index (Phi) is 9.31. The molecule has 0 bridgehead atoms. The Bertz CT molecular complexity index is 627.